The van der Waals surface area contributed by atoms with Crippen LogP contribution in [0.15, 0.2) is 12.4 Å². The second-order valence-corrected chi connectivity index (χ2v) is 4.55. The minimum Gasteiger partial charge on any atom is -0.379 e. The second-order valence-electron chi connectivity index (χ2n) is 4.55. The van der Waals surface area contributed by atoms with Crippen molar-refractivity contribution >= 4 is 0 Å². The lowest BCUT2D eigenvalue weighted by Gasteiger charge is -2.30. The lowest BCUT2D eigenvalue weighted by Crippen LogP contribution is -2.48. The van der Waals surface area contributed by atoms with Gasteiger partial charge in [0.15, 0.2) is 0 Å². The number of hydrazine groups is 1. The van der Waals surface area contributed by atoms with E-state index in [1.165, 1.54) is 0 Å². The largest absolute Gasteiger partial charge is 0.379 e. The molecule has 0 bridgehead atoms. The molecule has 1 atom stereocenters. The zero-order valence-corrected chi connectivity index (χ0v) is 11.0. The molecule has 6 heteroatoms. The second kappa shape index (κ2) is 6.84. The first kappa shape index (κ1) is 13.5. The van der Waals surface area contributed by atoms with Gasteiger partial charge in [0.1, 0.15) is 0 Å². The Morgan fingerprint density at radius 3 is 2.94 bits per heavy atom. The quantitative estimate of drug-likeness (QED) is 0.754. The van der Waals surface area contributed by atoms with Crippen molar-refractivity contribution in [3.63, 3.8) is 0 Å². The third-order valence-electron chi connectivity index (χ3n) is 3.09. The topological polar surface area (TPSA) is 68.3 Å². The molecule has 1 fully saturated rings. The van der Waals surface area contributed by atoms with E-state index in [9.17, 15) is 0 Å². The number of morpholine rings is 1. The Morgan fingerprint density at radius 2 is 2.28 bits per heavy atom. The third kappa shape index (κ3) is 3.52. The predicted octanol–water partition coefficient (Wildman–Crippen LogP) is 0.130. The van der Waals surface area contributed by atoms with Crippen molar-refractivity contribution in [2.24, 2.45) is 5.73 Å². The fourth-order valence-electron chi connectivity index (χ4n) is 2.09. The molecular formula is C12H23N5O. The van der Waals surface area contributed by atoms with Crippen molar-refractivity contribution in [1.82, 2.24) is 20.2 Å². The summed E-state index contributed by atoms with van der Waals surface area (Å²) in [6, 6.07) is 0.133. The van der Waals surface area contributed by atoms with Crippen LogP contribution in [0.5, 0.6) is 0 Å². The molecule has 0 radical (unpaired) electrons. The summed E-state index contributed by atoms with van der Waals surface area (Å²) in [6.45, 7) is 7.02. The summed E-state index contributed by atoms with van der Waals surface area (Å²) in [4.78, 5) is 0. The molecule has 0 spiro atoms. The minimum atomic E-state index is 0.133. The zero-order valence-electron chi connectivity index (χ0n) is 11.0. The van der Waals surface area contributed by atoms with Crippen molar-refractivity contribution in [1.29, 1.82) is 0 Å². The average Bonchev–Trinajstić information content (AvgIpc) is 2.86. The van der Waals surface area contributed by atoms with Gasteiger partial charge in [0.25, 0.3) is 0 Å². The van der Waals surface area contributed by atoms with E-state index >= 15 is 0 Å². The maximum Gasteiger partial charge on any atom is 0.0618 e. The molecule has 2 rings (SSSR count). The van der Waals surface area contributed by atoms with Gasteiger partial charge in [-0.1, -0.05) is 6.92 Å². The van der Waals surface area contributed by atoms with Crippen LogP contribution < -0.4 is 11.2 Å². The van der Waals surface area contributed by atoms with Gasteiger partial charge in [-0.15, -0.1) is 0 Å². The van der Waals surface area contributed by atoms with Crippen LogP contribution >= 0.6 is 0 Å². The van der Waals surface area contributed by atoms with Crippen LogP contribution in [0.4, 0.5) is 0 Å². The molecule has 18 heavy (non-hydrogen) atoms. The highest BCUT2D eigenvalue weighted by molar-refractivity contribution is 5.10. The minimum absolute atomic E-state index is 0.133. The van der Waals surface area contributed by atoms with Crippen LogP contribution in [0, 0.1) is 0 Å². The van der Waals surface area contributed by atoms with Gasteiger partial charge in [0, 0.05) is 37.9 Å². The average molecular weight is 253 g/mol. The Bertz CT molecular complexity index is 348. The summed E-state index contributed by atoms with van der Waals surface area (Å²) in [5.74, 6) is 0. The number of rotatable bonds is 6. The number of nitrogens with one attached hydrogen (secondary N) is 1. The molecule has 1 aliphatic rings. The van der Waals surface area contributed by atoms with Gasteiger partial charge in [0.2, 0.25) is 0 Å². The number of hydrogen-bond acceptors (Lipinski definition) is 5. The Kier molecular flexibility index (Phi) is 5.12. The predicted molar refractivity (Wildman–Crippen MR) is 69.8 cm³/mol. The first-order valence-electron chi connectivity index (χ1n) is 6.64. The number of aryl methyl sites for hydroxylation is 1. The van der Waals surface area contributed by atoms with Gasteiger partial charge in [-0.25, -0.2) is 10.4 Å². The number of ether oxygens (including phenoxy) is 1. The molecule has 0 saturated carbocycles. The molecule has 0 amide bonds. The fraction of sp³-hybridized carbons (Fsp3) is 0.750. The van der Waals surface area contributed by atoms with Crippen LogP contribution in [0.1, 0.15) is 24.9 Å². The van der Waals surface area contributed by atoms with E-state index in [1.54, 1.807) is 0 Å². The number of nitrogens with two attached hydrogens (primary N) is 1. The van der Waals surface area contributed by atoms with E-state index < -0.39 is 0 Å². The molecular weight excluding hydrogens is 230 g/mol. The molecule has 2 heterocycles. The summed E-state index contributed by atoms with van der Waals surface area (Å²) < 4.78 is 7.30. The van der Waals surface area contributed by atoms with Crippen molar-refractivity contribution in [2.75, 3.05) is 32.8 Å². The summed E-state index contributed by atoms with van der Waals surface area (Å²) in [5, 5.41) is 6.52. The first-order chi connectivity index (χ1) is 8.83. The normalized spacial score (nSPS) is 19.0. The standard InChI is InChI=1S/C12H23N5O/c1-2-3-17-10-11(9-14-17)12(8-13)15-16-4-6-18-7-5-16/h9-10,12,15H,2-8,13H2,1H3. The SMILES string of the molecule is CCCn1cc(C(CN)NN2CCOCC2)cn1. The molecule has 102 valence electrons. The lowest BCUT2D eigenvalue weighted by molar-refractivity contribution is 0.00404. The van der Waals surface area contributed by atoms with Crippen LogP contribution in [-0.2, 0) is 11.3 Å². The molecule has 1 aromatic heterocycles. The van der Waals surface area contributed by atoms with Gasteiger partial charge in [0.05, 0.1) is 25.5 Å². The molecule has 1 aliphatic heterocycles. The fourth-order valence-corrected chi connectivity index (χ4v) is 2.09. The summed E-state index contributed by atoms with van der Waals surface area (Å²) >= 11 is 0. The lowest BCUT2D eigenvalue weighted by atomic mass is 10.2. The summed E-state index contributed by atoms with van der Waals surface area (Å²) in [6.07, 6.45) is 5.07. The van der Waals surface area contributed by atoms with E-state index in [-0.39, 0.29) is 6.04 Å². The van der Waals surface area contributed by atoms with Crippen LogP contribution in [0.2, 0.25) is 0 Å². The van der Waals surface area contributed by atoms with E-state index in [2.05, 4.69) is 28.7 Å². The Balaban J connectivity index is 1.93. The van der Waals surface area contributed by atoms with E-state index in [0.29, 0.717) is 6.54 Å². The molecule has 1 saturated heterocycles. The van der Waals surface area contributed by atoms with E-state index in [0.717, 1.165) is 44.8 Å². The van der Waals surface area contributed by atoms with Gasteiger partial charge in [-0.05, 0) is 6.42 Å². The molecule has 1 unspecified atom stereocenters. The number of aromatic nitrogens is 2. The Labute approximate surface area is 108 Å². The Morgan fingerprint density at radius 1 is 1.50 bits per heavy atom. The van der Waals surface area contributed by atoms with Gasteiger partial charge < -0.3 is 10.5 Å². The molecule has 3 N–H and O–H groups in total. The maximum atomic E-state index is 5.85. The Hall–Kier alpha value is -0.950. The number of hydrogen-bond donors (Lipinski definition) is 2. The van der Waals surface area contributed by atoms with Gasteiger partial charge >= 0.3 is 0 Å². The zero-order chi connectivity index (χ0) is 12.8. The van der Waals surface area contributed by atoms with Crippen molar-refractivity contribution in [2.45, 2.75) is 25.9 Å². The van der Waals surface area contributed by atoms with E-state index in [1.807, 2.05) is 10.9 Å². The highest BCUT2D eigenvalue weighted by Crippen LogP contribution is 2.12. The van der Waals surface area contributed by atoms with Gasteiger partial charge in [-0.2, -0.15) is 5.10 Å². The smallest absolute Gasteiger partial charge is 0.0618 e. The van der Waals surface area contributed by atoms with E-state index in [4.69, 9.17) is 10.5 Å². The number of nitrogens with zero attached hydrogens (tertiary/aromatic N) is 3. The van der Waals surface area contributed by atoms with Crippen LogP contribution in [0.3, 0.4) is 0 Å². The molecule has 0 aliphatic carbocycles. The van der Waals surface area contributed by atoms with Crippen LogP contribution in [-0.4, -0.2) is 47.6 Å². The van der Waals surface area contributed by atoms with Crippen molar-refractivity contribution in [3.8, 4) is 0 Å². The summed E-state index contributed by atoms with van der Waals surface area (Å²) in [5.41, 5.74) is 10.5. The maximum absolute atomic E-state index is 5.85. The van der Waals surface area contributed by atoms with Gasteiger partial charge in [-0.3, -0.25) is 4.68 Å². The highest BCUT2D eigenvalue weighted by Gasteiger charge is 2.17. The third-order valence-corrected chi connectivity index (χ3v) is 3.09. The van der Waals surface area contributed by atoms with Crippen LogP contribution in [0.25, 0.3) is 0 Å². The highest BCUT2D eigenvalue weighted by atomic mass is 16.5. The molecule has 0 aromatic carbocycles. The van der Waals surface area contributed by atoms with Crippen molar-refractivity contribution < 1.29 is 4.74 Å². The van der Waals surface area contributed by atoms with Crippen molar-refractivity contribution in [3.05, 3.63) is 18.0 Å². The first-order valence-corrected chi connectivity index (χ1v) is 6.64. The molecule has 1 aromatic rings. The summed E-state index contributed by atoms with van der Waals surface area (Å²) in [7, 11) is 0. The molecule has 6 nitrogen and oxygen atoms in total. The monoisotopic (exact) mass is 253 g/mol.